The van der Waals surface area contributed by atoms with Gasteiger partial charge in [0.25, 0.3) is 5.91 Å². The molecule has 33 heavy (non-hydrogen) atoms. The summed E-state index contributed by atoms with van der Waals surface area (Å²) < 4.78 is 54.1. The Kier molecular flexibility index (Phi) is 6.43. The van der Waals surface area contributed by atoms with Gasteiger partial charge in [-0.25, -0.2) is 19.3 Å². The first kappa shape index (κ1) is 23.8. The minimum atomic E-state index is -4.60. The molecule has 0 fully saturated rings. The first-order valence-electron chi connectivity index (χ1n) is 9.63. The van der Waals surface area contributed by atoms with Crippen LogP contribution >= 0.6 is 0 Å². The van der Waals surface area contributed by atoms with Gasteiger partial charge in [0.05, 0.1) is 17.4 Å². The third-order valence-corrected chi connectivity index (χ3v) is 4.94. The molecule has 2 heterocycles. The Morgan fingerprint density at radius 3 is 2.45 bits per heavy atom. The molecule has 2 aromatic heterocycles. The van der Waals surface area contributed by atoms with Gasteiger partial charge in [-0.05, 0) is 55.4 Å². The summed E-state index contributed by atoms with van der Waals surface area (Å²) in [6.07, 6.45) is -0.964. The maximum absolute atomic E-state index is 15.0. The minimum absolute atomic E-state index is 0.00118. The Bertz CT molecular complexity index is 1300. The predicted molar refractivity (Wildman–Crippen MR) is 117 cm³/mol. The normalized spacial score (nSPS) is 12.5. The van der Waals surface area contributed by atoms with Crippen LogP contribution in [0.3, 0.4) is 0 Å². The molecular formula is C22H20F4N6O. The number of hydrogen-bond donors (Lipinski definition) is 1. The second kappa shape index (κ2) is 8.93. The number of nitrogens with two attached hydrogens (primary N) is 1. The van der Waals surface area contributed by atoms with Gasteiger partial charge in [0.2, 0.25) is 0 Å². The molecule has 1 aromatic carbocycles. The Morgan fingerprint density at radius 1 is 1.15 bits per heavy atom. The molecular weight excluding hydrogens is 440 g/mol. The Balaban J connectivity index is 2.05. The van der Waals surface area contributed by atoms with E-state index in [1.807, 2.05) is 0 Å². The smallest absolute Gasteiger partial charge is 0.405 e. The van der Waals surface area contributed by atoms with E-state index in [1.54, 1.807) is 6.92 Å². The van der Waals surface area contributed by atoms with Gasteiger partial charge in [-0.1, -0.05) is 0 Å². The van der Waals surface area contributed by atoms with E-state index < -0.39 is 23.6 Å². The van der Waals surface area contributed by atoms with E-state index in [9.17, 15) is 22.4 Å². The fraction of sp³-hybridized carbons (Fsp3) is 0.227. The van der Waals surface area contributed by atoms with Crippen molar-refractivity contribution in [2.24, 2.45) is 10.7 Å². The number of pyridine rings is 1. The van der Waals surface area contributed by atoms with E-state index >= 15 is 0 Å². The van der Waals surface area contributed by atoms with Crippen LogP contribution in [0.4, 0.5) is 23.2 Å². The lowest BCUT2D eigenvalue weighted by Gasteiger charge is -2.19. The molecule has 0 bridgehead atoms. The molecule has 0 radical (unpaired) electrons. The number of rotatable bonds is 4. The highest BCUT2D eigenvalue weighted by atomic mass is 19.4. The van der Waals surface area contributed by atoms with Crippen LogP contribution in [0.5, 0.6) is 0 Å². The molecule has 3 aromatic rings. The number of carbonyl (C=O) groups is 1. The van der Waals surface area contributed by atoms with Gasteiger partial charge < -0.3 is 10.6 Å². The highest BCUT2D eigenvalue weighted by molar-refractivity contribution is 6.47. The average molecular weight is 460 g/mol. The summed E-state index contributed by atoms with van der Waals surface area (Å²) in [6.45, 7) is 3.16. The average Bonchev–Trinajstić information content (AvgIpc) is 2.77. The van der Waals surface area contributed by atoms with Crippen LogP contribution in [0.2, 0.25) is 0 Å². The van der Waals surface area contributed by atoms with E-state index in [4.69, 9.17) is 5.73 Å². The van der Waals surface area contributed by atoms with Crippen molar-refractivity contribution in [1.29, 1.82) is 0 Å². The van der Waals surface area contributed by atoms with Crippen molar-refractivity contribution in [3.05, 3.63) is 59.3 Å². The number of aromatic nitrogens is 3. The molecule has 0 saturated carbocycles. The van der Waals surface area contributed by atoms with Gasteiger partial charge in [-0.2, -0.15) is 13.2 Å². The predicted octanol–water partition coefficient (Wildman–Crippen LogP) is 3.97. The van der Waals surface area contributed by atoms with Crippen LogP contribution in [0.1, 0.15) is 16.8 Å². The molecule has 7 nitrogen and oxygen atoms in total. The molecule has 0 aliphatic carbocycles. The van der Waals surface area contributed by atoms with Gasteiger partial charge in [-0.3, -0.25) is 9.79 Å². The summed E-state index contributed by atoms with van der Waals surface area (Å²) in [6, 6.07) is 3.52. The lowest BCUT2D eigenvalue weighted by atomic mass is 10.1. The van der Waals surface area contributed by atoms with Crippen LogP contribution < -0.4 is 10.6 Å². The molecule has 0 aliphatic rings. The Labute approximate surface area is 186 Å². The molecule has 172 valence electrons. The summed E-state index contributed by atoms with van der Waals surface area (Å²) >= 11 is 0. The molecule has 11 heteroatoms. The first-order chi connectivity index (χ1) is 15.5. The molecule has 0 saturated heterocycles. The van der Waals surface area contributed by atoms with Gasteiger partial charge >= 0.3 is 6.18 Å². The third-order valence-electron chi connectivity index (χ3n) is 4.94. The number of fused-ring (bicyclic) bond motifs is 1. The zero-order chi connectivity index (χ0) is 24.5. The van der Waals surface area contributed by atoms with Gasteiger partial charge in [0.1, 0.15) is 22.7 Å². The minimum Gasteiger partial charge on any atom is -0.405 e. The van der Waals surface area contributed by atoms with E-state index in [2.05, 4.69) is 19.9 Å². The highest BCUT2D eigenvalue weighted by Gasteiger charge is 2.33. The fourth-order valence-corrected chi connectivity index (χ4v) is 3.24. The molecule has 3 rings (SSSR count). The van der Waals surface area contributed by atoms with E-state index in [1.165, 1.54) is 45.4 Å². The summed E-state index contributed by atoms with van der Waals surface area (Å²) in [7, 11) is 2.81. The number of aryl methyl sites for hydroxylation is 2. The first-order valence-corrected chi connectivity index (χ1v) is 9.63. The van der Waals surface area contributed by atoms with E-state index in [0.29, 0.717) is 11.1 Å². The van der Waals surface area contributed by atoms with E-state index in [0.717, 1.165) is 17.2 Å². The monoisotopic (exact) mass is 460 g/mol. The van der Waals surface area contributed by atoms with Gasteiger partial charge in [0.15, 0.2) is 5.82 Å². The number of benzene rings is 1. The largest absolute Gasteiger partial charge is 0.433 e. The van der Waals surface area contributed by atoms with Crippen LogP contribution in [0, 0.1) is 19.7 Å². The number of anilines is 1. The maximum atomic E-state index is 15.0. The second-order valence-corrected chi connectivity index (χ2v) is 7.20. The van der Waals surface area contributed by atoms with Crippen LogP contribution in [-0.4, -0.2) is 40.7 Å². The van der Waals surface area contributed by atoms with Crippen LogP contribution in [-0.2, 0) is 11.0 Å². The number of amides is 1. The van der Waals surface area contributed by atoms with Crippen molar-refractivity contribution in [2.75, 3.05) is 19.0 Å². The van der Waals surface area contributed by atoms with Gasteiger partial charge in [0, 0.05) is 19.7 Å². The zero-order valence-electron chi connectivity index (χ0n) is 18.2. The number of aliphatic imine (C=N–C) groups is 1. The van der Waals surface area contributed by atoms with Crippen molar-refractivity contribution in [3.8, 4) is 11.4 Å². The van der Waals surface area contributed by atoms with Gasteiger partial charge in [-0.15, -0.1) is 0 Å². The number of hydrogen-bond acceptors (Lipinski definition) is 6. The summed E-state index contributed by atoms with van der Waals surface area (Å²) in [4.78, 5) is 29.5. The quantitative estimate of drug-likeness (QED) is 0.469. The van der Waals surface area contributed by atoms with Crippen molar-refractivity contribution in [1.82, 2.24) is 15.0 Å². The topological polar surface area (TPSA) is 97.4 Å². The number of nitrogens with zero attached hydrogens (tertiary/aromatic N) is 5. The third kappa shape index (κ3) is 4.66. The van der Waals surface area contributed by atoms with Crippen LogP contribution in [0.25, 0.3) is 22.4 Å². The highest BCUT2D eigenvalue weighted by Crippen LogP contribution is 2.32. The number of halogens is 4. The summed E-state index contributed by atoms with van der Waals surface area (Å²) in [5, 5.41) is 0. The van der Waals surface area contributed by atoms with Crippen molar-refractivity contribution in [3.63, 3.8) is 0 Å². The van der Waals surface area contributed by atoms with E-state index in [-0.39, 0.29) is 33.8 Å². The van der Waals surface area contributed by atoms with Crippen molar-refractivity contribution >= 4 is 28.3 Å². The van der Waals surface area contributed by atoms with Crippen molar-refractivity contribution in [2.45, 2.75) is 20.0 Å². The van der Waals surface area contributed by atoms with Crippen molar-refractivity contribution < 1.29 is 22.4 Å². The molecule has 1 amide bonds. The number of carbonyl (C=O) groups excluding carboxylic acids is 1. The second-order valence-electron chi connectivity index (χ2n) is 7.20. The molecule has 0 spiro atoms. The fourth-order valence-electron chi connectivity index (χ4n) is 3.24. The summed E-state index contributed by atoms with van der Waals surface area (Å²) in [5.74, 6) is -1.16. The zero-order valence-corrected chi connectivity index (χ0v) is 18.2. The maximum Gasteiger partial charge on any atom is 0.433 e. The number of alkyl halides is 3. The Hall–Kier alpha value is -3.89. The lowest BCUT2D eigenvalue weighted by Crippen LogP contribution is -2.33. The van der Waals surface area contributed by atoms with Crippen LogP contribution in [0.15, 0.2) is 41.7 Å². The molecule has 2 N–H and O–H groups in total. The molecule has 0 unspecified atom stereocenters. The molecule has 0 atom stereocenters. The summed E-state index contributed by atoms with van der Waals surface area (Å²) in [5.41, 5.74) is 5.66. The lowest BCUT2D eigenvalue weighted by molar-refractivity contribution is -0.141. The SMILES string of the molecule is CN=C(C=CN)C(=O)N(C)c1cc(C)c(-c2ncc3nc(C(F)(F)F)cc(C)c3n2)cc1F. The standard InChI is InChI=1S/C22H20F4N6O/c1-11-7-17(32(4)21(33)15(28-3)5-6-27)14(23)9-13(11)20-29-10-16-19(31-20)12(2)8-18(30-16)22(24,25)26/h5-10H,27H2,1-4H3. The Morgan fingerprint density at radius 2 is 1.85 bits per heavy atom. The molecule has 0 aliphatic heterocycles.